The van der Waals surface area contributed by atoms with E-state index in [1.807, 2.05) is 37.3 Å². The van der Waals surface area contributed by atoms with Gasteiger partial charge in [-0.2, -0.15) is 0 Å². The molecule has 5 nitrogen and oxygen atoms in total. The highest BCUT2D eigenvalue weighted by Crippen LogP contribution is 2.30. The van der Waals surface area contributed by atoms with Crippen LogP contribution in [0.5, 0.6) is 0 Å². The van der Waals surface area contributed by atoms with E-state index in [-0.39, 0.29) is 11.8 Å². The highest BCUT2D eigenvalue weighted by atomic mass is 32.2. The first-order valence-electron chi connectivity index (χ1n) is 6.60. The Labute approximate surface area is 119 Å². The lowest BCUT2D eigenvalue weighted by Crippen LogP contribution is -2.55. The van der Waals surface area contributed by atoms with Gasteiger partial charge in [-0.3, -0.25) is 10.1 Å². The molecular weight excluding hydrogens is 278 g/mol. The molecule has 2 rings (SSSR count). The summed E-state index contributed by atoms with van der Waals surface area (Å²) in [6.07, 6.45) is 0.503. The predicted molar refractivity (Wildman–Crippen MR) is 76.0 cm³/mol. The molecule has 1 N–H and O–H groups in total. The van der Waals surface area contributed by atoms with Crippen LogP contribution in [0.2, 0.25) is 0 Å². The zero-order chi connectivity index (χ0) is 14.8. The maximum absolute atomic E-state index is 12.4. The monoisotopic (exact) mass is 297 g/mol. The number of ether oxygens (including phenoxy) is 1. The van der Waals surface area contributed by atoms with Gasteiger partial charge in [0.1, 0.15) is 6.04 Å². The Hall–Kier alpha value is -1.40. The second-order valence-electron chi connectivity index (χ2n) is 4.91. The Balaban J connectivity index is 2.38. The van der Waals surface area contributed by atoms with E-state index in [1.165, 1.54) is 7.11 Å². The molecule has 0 amide bonds. The lowest BCUT2D eigenvalue weighted by Gasteiger charge is -2.36. The Kier molecular flexibility index (Phi) is 4.45. The van der Waals surface area contributed by atoms with Gasteiger partial charge in [0.2, 0.25) is 0 Å². The summed E-state index contributed by atoms with van der Waals surface area (Å²) in [5.41, 5.74) is 0.872. The summed E-state index contributed by atoms with van der Waals surface area (Å²) in [6, 6.07) is 8.14. The van der Waals surface area contributed by atoms with Crippen LogP contribution in [0.15, 0.2) is 30.3 Å². The minimum Gasteiger partial charge on any atom is -0.468 e. The molecule has 0 aromatic heterocycles. The summed E-state index contributed by atoms with van der Waals surface area (Å²) in [7, 11) is -2.07. The molecular formula is C14H19NO4S. The molecule has 0 aliphatic carbocycles. The normalized spacial score (nSPS) is 28.8. The second-order valence-corrected chi connectivity index (χ2v) is 7.17. The zero-order valence-corrected chi connectivity index (χ0v) is 12.4. The van der Waals surface area contributed by atoms with Crippen molar-refractivity contribution in [3.8, 4) is 0 Å². The quantitative estimate of drug-likeness (QED) is 0.845. The number of carbonyl (C=O) groups excluding carboxylic acids is 1. The number of benzene rings is 1. The van der Waals surface area contributed by atoms with Crippen molar-refractivity contribution in [2.75, 3.05) is 12.9 Å². The third kappa shape index (κ3) is 2.86. The summed E-state index contributed by atoms with van der Waals surface area (Å²) < 4.78 is 29.4. The van der Waals surface area contributed by atoms with E-state index in [0.29, 0.717) is 6.42 Å². The molecule has 0 bridgehead atoms. The van der Waals surface area contributed by atoms with Gasteiger partial charge in [-0.1, -0.05) is 37.3 Å². The minimum atomic E-state index is -3.34. The molecule has 1 aliphatic heterocycles. The molecule has 6 heteroatoms. The average molecular weight is 297 g/mol. The van der Waals surface area contributed by atoms with E-state index in [9.17, 15) is 13.2 Å². The number of esters is 1. The first-order valence-corrected chi connectivity index (χ1v) is 8.31. The van der Waals surface area contributed by atoms with Crippen LogP contribution >= 0.6 is 0 Å². The molecule has 1 aromatic carbocycles. The van der Waals surface area contributed by atoms with Crippen molar-refractivity contribution in [3.63, 3.8) is 0 Å². The van der Waals surface area contributed by atoms with Gasteiger partial charge in [-0.05, 0) is 12.0 Å². The fourth-order valence-electron chi connectivity index (χ4n) is 2.67. The second kappa shape index (κ2) is 5.93. The van der Waals surface area contributed by atoms with Crippen LogP contribution in [0, 0.1) is 0 Å². The van der Waals surface area contributed by atoms with E-state index in [1.54, 1.807) is 0 Å². The Morgan fingerprint density at radius 1 is 1.35 bits per heavy atom. The van der Waals surface area contributed by atoms with Crippen LogP contribution in [0.4, 0.5) is 0 Å². The van der Waals surface area contributed by atoms with Crippen molar-refractivity contribution in [2.45, 2.75) is 30.7 Å². The Bertz CT molecular complexity index is 570. The molecule has 0 radical (unpaired) electrons. The summed E-state index contributed by atoms with van der Waals surface area (Å²) in [5, 5.41) is 2.60. The predicted octanol–water partition coefficient (Wildman–Crippen LogP) is 1.07. The van der Waals surface area contributed by atoms with Gasteiger partial charge >= 0.3 is 5.97 Å². The lowest BCUT2D eigenvalue weighted by molar-refractivity contribution is -0.142. The molecule has 0 saturated carbocycles. The van der Waals surface area contributed by atoms with E-state index >= 15 is 0 Å². The van der Waals surface area contributed by atoms with Crippen molar-refractivity contribution in [3.05, 3.63) is 35.9 Å². The fraction of sp³-hybridized carbons (Fsp3) is 0.500. The maximum atomic E-state index is 12.4. The third-order valence-electron chi connectivity index (χ3n) is 3.66. The van der Waals surface area contributed by atoms with Gasteiger partial charge in [0.05, 0.1) is 18.1 Å². The molecule has 1 fully saturated rings. The molecule has 3 unspecified atom stereocenters. The van der Waals surface area contributed by atoms with Crippen molar-refractivity contribution in [1.82, 2.24) is 5.32 Å². The number of carbonyl (C=O) groups is 1. The first kappa shape index (κ1) is 15.0. The van der Waals surface area contributed by atoms with Crippen LogP contribution < -0.4 is 5.32 Å². The topological polar surface area (TPSA) is 72.5 Å². The van der Waals surface area contributed by atoms with Crippen LogP contribution in [0.3, 0.4) is 0 Å². The number of rotatable bonds is 3. The van der Waals surface area contributed by atoms with Gasteiger partial charge in [0.25, 0.3) is 0 Å². The van der Waals surface area contributed by atoms with Gasteiger partial charge in [0, 0.05) is 6.04 Å². The van der Waals surface area contributed by atoms with Gasteiger partial charge in [-0.25, -0.2) is 8.42 Å². The highest BCUT2D eigenvalue weighted by Gasteiger charge is 2.43. The minimum absolute atomic E-state index is 0.207. The summed E-state index contributed by atoms with van der Waals surface area (Å²) in [5.74, 6) is -0.745. The molecule has 1 heterocycles. The number of methoxy groups -OCH3 is 1. The molecule has 1 aliphatic rings. The number of hydrogen-bond acceptors (Lipinski definition) is 5. The Morgan fingerprint density at radius 3 is 2.55 bits per heavy atom. The number of nitrogens with one attached hydrogen (secondary N) is 1. The molecule has 0 spiro atoms. The van der Waals surface area contributed by atoms with Crippen molar-refractivity contribution >= 4 is 15.8 Å². The Morgan fingerprint density at radius 2 is 2.00 bits per heavy atom. The molecule has 1 aromatic rings. The van der Waals surface area contributed by atoms with E-state index in [0.717, 1.165) is 5.56 Å². The van der Waals surface area contributed by atoms with Gasteiger partial charge < -0.3 is 4.74 Å². The number of sulfone groups is 1. The molecule has 3 atom stereocenters. The molecule has 110 valence electrons. The average Bonchev–Trinajstić information content (AvgIpc) is 2.45. The third-order valence-corrected chi connectivity index (χ3v) is 5.99. The van der Waals surface area contributed by atoms with E-state index < -0.39 is 27.1 Å². The van der Waals surface area contributed by atoms with Gasteiger partial charge in [0.15, 0.2) is 9.84 Å². The van der Waals surface area contributed by atoms with Crippen molar-refractivity contribution in [2.24, 2.45) is 0 Å². The van der Waals surface area contributed by atoms with Crippen molar-refractivity contribution < 1.29 is 17.9 Å². The SMILES string of the molecule is CCC1C(c2ccccc2)NC(C(=O)OC)CS1(=O)=O. The lowest BCUT2D eigenvalue weighted by atomic mass is 10.0. The maximum Gasteiger partial charge on any atom is 0.323 e. The highest BCUT2D eigenvalue weighted by molar-refractivity contribution is 7.92. The molecule has 1 saturated heterocycles. The summed E-state index contributed by atoms with van der Waals surface area (Å²) >= 11 is 0. The van der Waals surface area contributed by atoms with Crippen LogP contribution in [-0.2, 0) is 19.4 Å². The van der Waals surface area contributed by atoms with Crippen LogP contribution in [0.1, 0.15) is 24.9 Å². The largest absolute Gasteiger partial charge is 0.468 e. The smallest absolute Gasteiger partial charge is 0.323 e. The fourth-order valence-corrected chi connectivity index (χ4v) is 4.78. The standard InChI is InChI=1S/C14H19NO4S/c1-3-12-13(10-7-5-4-6-8-10)15-11(14(16)19-2)9-20(12,17)18/h4-8,11-13,15H,3,9H2,1-2H3. The number of hydrogen-bond donors (Lipinski definition) is 1. The first-order chi connectivity index (χ1) is 9.49. The summed E-state index contributed by atoms with van der Waals surface area (Å²) in [6.45, 7) is 1.85. The van der Waals surface area contributed by atoms with E-state index in [2.05, 4.69) is 10.1 Å². The molecule has 20 heavy (non-hydrogen) atoms. The zero-order valence-electron chi connectivity index (χ0n) is 11.6. The van der Waals surface area contributed by atoms with Crippen LogP contribution in [-0.4, -0.2) is 38.5 Å². The van der Waals surface area contributed by atoms with E-state index in [4.69, 9.17) is 0 Å². The van der Waals surface area contributed by atoms with Crippen LogP contribution in [0.25, 0.3) is 0 Å². The van der Waals surface area contributed by atoms with Crippen molar-refractivity contribution in [1.29, 1.82) is 0 Å². The summed E-state index contributed by atoms with van der Waals surface area (Å²) in [4.78, 5) is 11.7. The van der Waals surface area contributed by atoms with Gasteiger partial charge in [-0.15, -0.1) is 0 Å².